The highest BCUT2D eigenvalue weighted by molar-refractivity contribution is 9.11. The fraction of sp³-hybridized carbons (Fsp3) is 0.250. The summed E-state index contributed by atoms with van der Waals surface area (Å²) < 4.78 is 23.0. The van der Waals surface area contributed by atoms with Crippen molar-refractivity contribution in [2.75, 3.05) is 57.3 Å². The number of aromatic nitrogens is 2. The van der Waals surface area contributed by atoms with Gasteiger partial charge in [-0.2, -0.15) is 0 Å². The smallest absolute Gasteiger partial charge is 0.262 e. The number of carbonyl (C=O) groups is 1. The minimum absolute atomic E-state index is 0.202. The van der Waals surface area contributed by atoms with Crippen molar-refractivity contribution in [2.45, 2.75) is 0 Å². The van der Waals surface area contributed by atoms with Gasteiger partial charge in [-0.3, -0.25) is 9.59 Å². The highest BCUT2D eigenvalue weighted by Crippen LogP contribution is 2.38. The van der Waals surface area contributed by atoms with E-state index < -0.39 is 0 Å². The van der Waals surface area contributed by atoms with Gasteiger partial charge in [0.25, 0.3) is 11.5 Å². The Morgan fingerprint density at radius 1 is 1.05 bits per heavy atom. The minimum atomic E-state index is -0.346. The number of fused-ring (bicyclic) bond motifs is 1. The van der Waals surface area contributed by atoms with Crippen molar-refractivity contribution in [3.05, 3.63) is 67.8 Å². The van der Waals surface area contributed by atoms with Gasteiger partial charge < -0.3 is 34.1 Å². The Kier molecular flexibility index (Phi) is 8.57. The third-order valence-corrected chi connectivity index (χ3v) is 7.53. The van der Waals surface area contributed by atoms with Crippen molar-refractivity contribution in [3.63, 3.8) is 0 Å². The molecule has 4 aromatic rings. The number of nitrogens with zero attached hydrogens (tertiary/aromatic N) is 2. The van der Waals surface area contributed by atoms with Crippen LogP contribution in [0, 0.1) is 0 Å². The molecular weight excluding hydrogens is 648 g/mol. The first-order valence-electron chi connectivity index (χ1n) is 12.4. The third kappa shape index (κ3) is 6.08. The number of anilines is 2. The predicted octanol–water partition coefficient (Wildman–Crippen LogP) is 4.99. The molecule has 2 heterocycles. The van der Waals surface area contributed by atoms with Crippen LogP contribution in [-0.2, 0) is 9.53 Å². The average Bonchev–Trinajstić information content (AvgIpc) is 2.96. The quantitative estimate of drug-likeness (QED) is 0.269. The van der Waals surface area contributed by atoms with Crippen LogP contribution in [0.2, 0.25) is 0 Å². The fourth-order valence-electron chi connectivity index (χ4n) is 4.37. The summed E-state index contributed by atoms with van der Waals surface area (Å²) in [5.41, 5.74) is 2.47. The van der Waals surface area contributed by atoms with Crippen molar-refractivity contribution >= 4 is 60.0 Å². The molecule has 1 aromatic heterocycles. The summed E-state index contributed by atoms with van der Waals surface area (Å²) in [5.74, 6) is 1.37. The summed E-state index contributed by atoms with van der Waals surface area (Å²) >= 11 is 7.02. The summed E-state index contributed by atoms with van der Waals surface area (Å²) in [7, 11) is 3.02. The van der Waals surface area contributed by atoms with E-state index in [1.54, 1.807) is 24.3 Å². The lowest BCUT2D eigenvalue weighted by Crippen LogP contribution is -2.36. The first-order chi connectivity index (χ1) is 19.4. The van der Waals surface area contributed by atoms with E-state index in [9.17, 15) is 9.59 Å². The Bertz CT molecular complexity index is 1580. The topological polar surface area (TPSA) is 115 Å². The summed E-state index contributed by atoms with van der Waals surface area (Å²) in [6.07, 6.45) is 0. The molecule has 40 heavy (non-hydrogen) atoms. The highest BCUT2D eigenvalue weighted by atomic mass is 79.9. The number of morpholine rings is 1. The van der Waals surface area contributed by atoms with Gasteiger partial charge in [-0.05, 0) is 68.3 Å². The molecule has 0 radical (unpaired) electrons. The van der Waals surface area contributed by atoms with E-state index in [-0.39, 0.29) is 18.1 Å². The van der Waals surface area contributed by atoms with Crippen molar-refractivity contribution in [3.8, 4) is 28.6 Å². The molecule has 0 spiro atoms. The maximum atomic E-state index is 12.9. The lowest BCUT2D eigenvalue weighted by atomic mass is 10.1. The zero-order valence-electron chi connectivity index (χ0n) is 21.8. The molecule has 0 atom stereocenters. The Balaban J connectivity index is 1.29. The van der Waals surface area contributed by atoms with Gasteiger partial charge in [0, 0.05) is 42.2 Å². The molecular formula is C28H26Br2N4O6. The van der Waals surface area contributed by atoms with Gasteiger partial charge >= 0.3 is 0 Å². The van der Waals surface area contributed by atoms with Crippen LogP contribution >= 0.6 is 31.9 Å². The zero-order valence-corrected chi connectivity index (χ0v) is 24.9. The standard InChI is InChI=1S/C28H26Br2N4O6/c1-37-19-13-22-25(23(14-19)38-2)28(36)33-27(32-22)16-11-20(29)26(21(30)12-16)40-15-24(35)31-17-3-5-18(6-4-17)34-7-9-39-10-8-34/h3-6,11-14H,7-10,15H2,1-2H3,(H,31,35)(H,32,33,36). The van der Waals surface area contributed by atoms with Crippen molar-refractivity contribution < 1.29 is 23.7 Å². The van der Waals surface area contributed by atoms with Crippen LogP contribution in [0.5, 0.6) is 17.2 Å². The monoisotopic (exact) mass is 672 g/mol. The predicted molar refractivity (Wildman–Crippen MR) is 160 cm³/mol. The molecule has 0 bridgehead atoms. The van der Waals surface area contributed by atoms with E-state index >= 15 is 0 Å². The van der Waals surface area contributed by atoms with E-state index in [1.165, 1.54) is 14.2 Å². The number of rotatable bonds is 8. The molecule has 1 amide bonds. The Hall–Kier alpha value is -3.61. The molecule has 5 rings (SSSR count). The maximum Gasteiger partial charge on any atom is 0.262 e. The summed E-state index contributed by atoms with van der Waals surface area (Å²) in [6.45, 7) is 2.91. The first kappa shape index (κ1) is 27.9. The first-order valence-corrected chi connectivity index (χ1v) is 14.0. The minimum Gasteiger partial charge on any atom is -0.497 e. The number of H-pyrrole nitrogens is 1. The number of benzene rings is 3. The van der Waals surface area contributed by atoms with Crippen LogP contribution in [-0.4, -0.2) is 63.0 Å². The van der Waals surface area contributed by atoms with Crippen molar-refractivity contribution in [2.24, 2.45) is 0 Å². The second-order valence-corrected chi connectivity index (χ2v) is 10.6. The molecule has 1 aliphatic heterocycles. The number of methoxy groups -OCH3 is 2. The number of hydrogen-bond donors (Lipinski definition) is 2. The summed E-state index contributed by atoms with van der Waals surface area (Å²) in [4.78, 5) is 35.2. The molecule has 1 fully saturated rings. The second-order valence-electron chi connectivity index (χ2n) is 8.89. The van der Waals surface area contributed by atoms with Gasteiger partial charge in [0.15, 0.2) is 6.61 Å². The number of ether oxygens (including phenoxy) is 4. The number of halogens is 2. The molecule has 10 nitrogen and oxygen atoms in total. The normalized spacial score (nSPS) is 13.2. The van der Waals surface area contributed by atoms with Gasteiger partial charge in [-0.1, -0.05) is 0 Å². The SMILES string of the molecule is COc1cc(OC)c2c(=O)[nH]c(-c3cc(Br)c(OCC(=O)Nc4ccc(N5CCOCC5)cc4)c(Br)c3)nc2c1. The molecule has 12 heteroatoms. The summed E-state index contributed by atoms with van der Waals surface area (Å²) in [5, 5.41) is 3.18. The number of nitrogens with one attached hydrogen (secondary N) is 2. The molecule has 0 aliphatic carbocycles. The Labute approximate surface area is 246 Å². The van der Waals surface area contributed by atoms with Crippen LogP contribution in [0.15, 0.2) is 62.3 Å². The van der Waals surface area contributed by atoms with Crippen LogP contribution < -0.4 is 30.0 Å². The van der Waals surface area contributed by atoms with Crippen LogP contribution in [0.25, 0.3) is 22.3 Å². The molecule has 0 saturated carbocycles. The molecule has 208 valence electrons. The van der Waals surface area contributed by atoms with Gasteiger partial charge in [0.1, 0.15) is 28.5 Å². The number of aromatic amines is 1. The lowest BCUT2D eigenvalue weighted by Gasteiger charge is -2.28. The molecule has 1 saturated heterocycles. The third-order valence-electron chi connectivity index (χ3n) is 6.35. The Morgan fingerprint density at radius 2 is 1.75 bits per heavy atom. The Morgan fingerprint density at radius 3 is 2.40 bits per heavy atom. The highest BCUT2D eigenvalue weighted by Gasteiger charge is 2.17. The largest absolute Gasteiger partial charge is 0.497 e. The number of amides is 1. The maximum absolute atomic E-state index is 12.9. The number of carbonyl (C=O) groups excluding carboxylic acids is 1. The van der Waals surface area contributed by atoms with E-state index in [4.69, 9.17) is 18.9 Å². The number of hydrogen-bond acceptors (Lipinski definition) is 8. The van der Waals surface area contributed by atoms with Crippen LogP contribution in [0.1, 0.15) is 0 Å². The van der Waals surface area contributed by atoms with Gasteiger partial charge in [0.05, 0.1) is 41.9 Å². The fourth-order valence-corrected chi connectivity index (χ4v) is 5.79. The molecule has 0 unspecified atom stereocenters. The van der Waals surface area contributed by atoms with E-state index in [2.05, 4.69) is 52.0 Å². The van der Waals surface area contributed by atoms with E-state index in [0.717, 1.165) is 18.8 Å². The van der Waals surface area contributed by atoms with Gasteiger partial charge in [0.2, 0.25) is 0 Å². The van der Waals surface area contributed by atoms with Crippen molar-refractivity contribution in [1.82, 2.24) is 9.97 Å². The lowest BCUT2D eigenvalue weighted by molar-refractivity contribution is -0.118. The zero-order chi connectivity index (χ0) is 28.2. The van der Waals surface area contributed by atoms with Crippen molar-refractivity contribution in [1.29, 1.82) is 0 Å². The van der Waals surface area contributed by atoms with Crippen LogP contribution in [0.4, 0.5) is 11.4 Å². The molecule has 1 aliphatic rings. The van der Waals surface area contributed by atoms with E-state index in [0.29, 0.717) is 67.4 Å². The van der Waals surface area contributed by atoms with E-state index in [1.807, 2.05) is 24.3 Å². The summed E-state index contributed by atoms with van der Waals surface area (Å²) in [6, 6.07) is 14.5. The van der Waals surface area contributed by atoms with Gasteiger partial charge in [-0.25, -0.2) is 4.98 Å². The van der Waals surface area contributed by atoms with Crippen LogP contribution in [0.3, 0.4) is 0 Å². The molecule has 3 aromatic carbocycles. The molecule has 2 N–H and O–H groups in total. The van der Waals surface area contributed by atoms with Gasteiger partial charge in [-0.15, -0.1) is 0 Å². The average molecular weight is 674 g/mol. The second kappa shape index (κ2) is 12.3.